The predicted octanol–water partition coefficient (Wildman–Crippen LogP) is 8.35. The first-order valence-corrected chi connectivity index (χ1v) is 10.5. The Morgan fingerprint density at radius 1 is 0.562 bits per heavy atom. The normalized spacial score (nSPS) is 13.9. The van der Waals surface area contributed by atoms with Gasteiger partial charge in [-0.05, 0) is 59.6 Å². The van der Waals surface area contributed by atoms with Gasteiger partial charge < -0.3 is 8.98 Å². The van der Waals surface area contributed by atoms with Gasteiger partial charge >= 0.3 is 0 Å². The van der Waals surface area contributed by atoms with Gasteiger partial charge in [-0.3, -0.25) is 0 Å². The summed E-state index contributed by atoms with van der Waals surface area (Å²) in [5, 5.41) is 4.01. The molecule has 0 N–H and O–H groups in total. The van der Waals surface area contributed by atoms with Gasteiger partial charge in [0.2, 0.25) is 0 Å². The number of benzene rings is 5. The Labute approximate surface area is 192 Å². The van der Waals surface area contributed by atoms with E-state index >= 15 is 0 Å². The first kappa shape index (κ1) is 13.2. The molecule has 0 saturated carbocycles. The molecule has 2 nitrogen and oxygen atoms in total. The number of para-hydroxylation sites is 3. The SMILES string of the molecule is [2H]c1c([2H])c([2H])c(-n2c3ccccc3c3cc(-c4ccc5oc6ccccc6c5c4)ccc32)c([2H])c1[2H]. The molecule has 0 aliphatic carbocycles. The number of fused-ring (bicyclic) bond motifs is 6. The zero-order chi connectivity index (χ0) is 25.4. The van der Waals surface area contributed by atoms with Crippen LogP contribution in [0.3, 0.4) is 0 Å². The number of aromatic nitrogens is 1. The number of rotatable bonds is 2. The molecule has 0 radical (unpaired) electrons. The van der Waals surface area contributed by atoms with Crippen molar-refractivity contribution in [1.82, 2.24) is 4.57 Å². The smallest absolute Gasteiger partial charge is 0.135 e. The third kappa shape index (κ3) is 2.47. The van der Waals surface area contributed by atoms with Crippen LogP contribution in [0.5, 0.6) is 0 Å². The first-order valence-electron chi connectivity index (χ1n) is 13.0. The molecule has 32 heavy (non-hydrogen) atoms. The van der Waals surface area contributed by atoms with Gasteiger partial charge in [0.1, 0.15) is 11.2 Å². The summed E-state index contributed by atoms with van der Waals surface area (Å²) in [7, 11) is 0. The van der Waals surface area contributed by atoms with Crippen LogP contribution < -0.4 is 0 Å². The van der Waals surface area contributed by atoms with E-state index in [9.17, 15) is 0 Å². The van der Waals surface area contributed by atoms with E-state index in [2.05, 4.69) is 18.2 Å². The Hall–Kier alpha value is -4.30. The largest absolute Gasteiger partial charge is 0.456 e. The van der Waals surface area contributed by atoms with Crippen molar-refractivity contribution in [3.05, 3.63) is 115 Å². The summed E-state index contributed by atoms with van der Waals surface area (Å²) in [5.74, 6) is 0. The number of hydrogen-bond donors (Lipinski definition) is 0. The minimum absolute atomic E-state index is 0.149. The zero-order valence-corrected chi connectivity index (χ0v) is 16.9. The highest BCUT2D eigenvalue weighted by molar-refractivity contribution is 6.11. The molecular weight excluding hydrogens is 390 g/mol. The average molecular weight is 415 g/mol. The molecule has 0 bridgehead atoms. The molecule has 2 heterocycles. The maximum absolute atomic E-state index is 8.56. The van der Waals surface area contributed by atoms with Crippen LogP contribution in [0.2, 0.25) is 0 Å². The van der Waals surface area contributed by atoms with Gasteiger partial charge in [-0.2, -0.15) is 0 Å². The Kier molecular flexibility index (Phi) is 2.72. The summed E-state index contributed by atoms with van der Waals surface area (Å²) in [6, 6.07) is 26.4. The standard InChI is InChI=1S/C30H19NO/c1-2-8-22(9-3-1)31-27-12-6-4-10-23(27)25-18-20(14-16-28(25)31)21-15-17-30-26(19-21)24-11-5-7-13-29(24)32-30/h1-19H/i1D,2D,3D,8D,9D. The third-order valence-electron chi connectivity index (χ3n) is 6.09. The lowest BCUT2D eigenvalue weighted by atomic mass is 10.0. The van der Waals surface area contributed by atoms with Crippen molar-refractivity contribution in [2.75, 3.05) is 0 Å². The molecule has 0 aliphatic heterocycles. The van der Waals surface area contributed by atoms with Crippen LogP contribution >= 0.6 is 0 Å². The topological polar surface area (TPSA) is 18.1 Å². The highest BCUT2D eigenvalue weighted by Crippen LogP contribution is 2.36. The summed E-state index contributed by atoms with van der Waals surface area (Å²) in [4.78, 5) is 0. The fraction of sp³-hybridized carbons (Fsp3) is 0. The minimum atomic E-state index is -0.399. The number of hydrogen-bond acceptors (Lipinski definition) is 1. The van der Waals surface area contributed by atoms with Crippen LogP contribution in [0.1, 0.15) is 6.85 Å². The first-order chi connectivity index (χ1) is 17.9. The Bertz CT molecular complexity index is 2020. The van der Waals surface area contributed by atoms with Crippen LogP contribution in [-0.2, 0) is 0 Å². The summed E-state index contributed by atoms with van der Waals surface area (Å²) in [5.41, 5.74) is 5.46. The lowest BCUT2D eigenvalue weighted by molar-refractivity contribution is 0.669. The third-order valence-corrected chi connectivity index (χ3v) is 6.09. The molecule has 0 amide bonds. The van der Waals surface area contributed by atoms with E-state index in [1.54, 1.807) is 4.57 Å². The average Bonchev–Trinajstić information content (AvgIpc) is 3.46. The number of furan rings is 1. The predicted molar refractivity (Wildman–Crippen MR) is 133 cm³/mol. The zero-order valence-electron chi connectivity index (χ0n) is 21.9. The van der Waals surface area contributed by atoms with E-state index < -0.39 is 6.04 Å². The fourth-order valence-corrected chi connectivity index (χ4v) is 4.65. The van der Waals surface area contributed by atoms with E-state index in [1.807, 2.05) is 66.7 Å². The van der Waals surface area contributed by atoms with Crippen LogP contribution in [0.15, 0.2) is 120 Å². The quantitative estimate of drug-likeness (QED) is 0.278. The van der Waals surface area contributed by atoms with E-state index in [-0.39, 0.29) is 29.9 Å². The molecular formula is C30H19NO. The van der Waals surface area contributed by atoms with Crippen molar-refractivity contribution >= 4 is 43.7 Å². The molecule has 7 rings (SSSR count). The van der Waals surface area contributed by atoms with Crippen molar-refractivity contribution in [1.29, 1.82) is 0 Å². The molecule has 2 aromatic heterocycles. The van der Waals surface area contributed by atoms with Crippen molar-refractivity contribution < 1.29 is 11.3 Å². The van der Waals surface area contributed by atoms with Crippen molar-refractivity contribution in [3.63, 3.8) is 0 Å². The second-order valence-electron chi connectivity index (χ2n) is 7.87. The van der Waals surface area contributed by atoms with Gasteiger partial charge in [0.15, 0.2) is 0 Å². The summed E-state index contributed by atoms with van der Waals surface area (Å²) >= 11 is 0. The maximum Gasteiger partial charge on any atom is 0.135 e. The van der Waals surface area contributed by atoms with Gasteiger partial charge in [0.25, 0.3) is 0 Å². The molecule has 0 spiro atoms. The van der Waals surface area contributed by atoms with Gasteiger partial charge in [-0.15, -0.1) is 0 Å². The highest BCUT2D eigenvalue weighted by atomic mass is 16.3. The lowest BCUT2D eigenvalue weighted by Crippen LogP contribution is -1.92. The summed E-state index contributed by atoms with van der Waals surface area (Å²) in [6.45, 7) is 0. The van der Waals surface area contributed by atoms with Crippen LogP contribution in [0.4, 0.5) is 0 Å². The molecule has 7 aromatic rings. The van der Waals surface area contributed by atoms with Gasteiger partial charge in [0.05, 0.1) is 17.9 Å². The van der Waals surface area contributed by atoms with Gasteiger partial charge in [-0.25, -0.2) is 0 Å². The molecule has 0 aliphatic rings. The van der Waals surface area contributed by atoms with E-state index in [0.29, 0.717) is 0 Å². The van der Waals surface area contributed by atoms with Crippen molar-refractivity contribution in [2.45, 2.75) is 0 Å². The van der Waals surface area contributed by atoms with Crippen LogP contribution in [0, 0.1) is 0 Å². The van der Waals surface area contributed by atoms with Crippen LogP contribution in [-0.4, -0.2) is 4.57 Å². The molecule has 0 saturated heterocycles. The van der Waals surface area contributed by atoms with Crippen molar-refractivity contribution in [2.24, 2.45) is 0 Å². The molecule has 0 unspecified atom stereocenters. The van der Waals surface area contributed by atoms with Gasteiger partial charge in [0, 0.05) is 27.2 Å². The van der Waals surface area contributed by atoms with E-state index in [4.69, 9.17) is 11.3 Å². The molecule has 5 aromatic carbocycles. The Balaban J connectivity index is 1.51. The van der Waals surface area contributed by atoms with E-state index in [0.717, 1.165) is 54.9 Å². The van der Waals surface area contributed by atoms with Crippen LogP contribution in [0.25, 0.3) is 60.6 Å². The summed E-state index contributed by atoms with van der Waals surface area (Å²) in [6.07, 6.45) is 0. The number of nitrogens with zero attached hydrogens (tertiary/aromatic N) is 1. The molecule has 2 heteroatoms. The lowest BCUT2D eigenvalue weighted by Gasteiger charge is -2.08. The Morgan fingerprint density at radius 2 is 1.22 bits per heavy atom. The minimum Gasteiger partial charge on any atom is -0.456 e. The second kappa shape index (κ2) is 6.60. The molecule has 0 fully saturated rings. The molecule has 0 atom stereocenters. The summed E-state index contributed by atoms with van der Waals surface area (Å²) < 4.78 is 49.3. The van der Waals surface area contributed by atoms with E-state index in [1.165, 1.54) is 0 Å². The second-order valence-corrected chi connectivity index (χ2v) is 7.87. The highest BCUT2D eigenvalue weighted by Gasteiger charge is 2.14. The monoisotopic (exact) mass is 414 g/mol. The van der Waals surface area contributed by atoms with Gasteiger partial charge in [-0.1, -0.05) is 66.7 Å². The van der Waals surface area contributed by atoms with Crippen molar-refractivity contribution in [3.8, 4) is 16.8 Å². The fourth-order valence-electron chi connectivity index (χ4n) is 4.65. The molecule has 150 valence electrons. The Morgan fingerprint density at radius 3 is 2.09 bits per heavy atom. The maximum atomic E-state index is 8.56.